The van der Waals surface area contributed by atoms with Gasteiger partial charge in [-0.15, -0.1) is 0 Å². The fourth-order valence-electron chi connectivity index (χ4n) is 2.36. The number of nitrogens with two attached hydrogens (primary N) is 3. The molecular formula is C17H32N6O6. The number of rotatable bonds is 14. The van der Waals surface area contributed by atoms with Gasteiger partial charge in [-0.05, 0) is 25.3 Å². The van der Waals surface area contributed by atoms with Crippen molar-refractivity contribution in [3.63, 3.8) is 0 Å². The van der Waals surface area contributed by atoms with E-state index in [2.05, 4.69) is 16.0 Å². The minimum atomic E-state index is -1.50. The molecule has 0 bridgehead atoms. The Morgan fingerprint density at radius 2 is 1.62 bits per heavy atom. The molecule has 166 valence electrons. The number of nitrogens with one attached hydrogen (secondary N) is 3. The van der Waals surface area contributed by atoms with E-state index < -0.39 is 60.7 Å². The van der Waals surface area contributed by atoms with Crippen LogP contribution >= 0.6 is 0 Å². The molecule has 0 aliphatic rings. The van der Waals surface area contributed by atoms with Crippen molar-refractivity contribution < 1.29 is 29.1 Å². The Labute approximate surface area is 169 Å². The lowest BCUT2D eigenvalue weighted by Crippen LogP contribution is -2.55. The Kier molecular flexibility index (Phi) is 12.2. The molecule has 0 heterocycles. The lowest BCUT2D eigenvalue weighted by molar-refractivity contribution is -0.143. The van der Waals surface area contributed by atoms with Gasteiger partial charge < -0.3 is 38.3 Å². The molecule has 0 aromatic rings. The third-order valence-electron chi connectivity index (χ3n) is 4.01. The largest absolute Gasteiger partial charge is 0.480 e. The van der Waals surface area contributed by atoms with E-state index in [1.807, 2.05) is 0 Å². The van der Waals surface area contributed by atoms with Gasteiger partial charge in [0.1, 0.15) is 12.1 Å². The van der Waals surface area contributed by atoms with Gasteiger partial charge in [0.15, 0.2) is 0 Å². The zero-order valence-corrected chi connectivity index (χ0v) is 16.8. The van der Waals surface area contributed by atoms with Crippen LogP contribution in [-0.2, 0) is 24.0 Å². The molecule has 3 atom stereocenters. The zero-order valence-electron chi connectivity index (χ0n) is 16.8. The van der Waals surface area contributed by atoms with Crippen LogP contribution in [0.25, 0.3) is 0 Å². The minimum Gasteiger partial charge on any atom is -0.480 e. The van der Waals surface area contributed by atoms with E-state index in [4.69, 9.17) is 22.3 Å². The molecule has 0 aromatic heterocycles. The second-order valence-electron chi connectivity index (χ2n) is 6.97. The number of unbranched alkanes of at least 4 members (excludes halogenated alkanes) is 1. The molecule has 0 aliphatic carbocycles. The second kappa shape index (κ2) is 13.4. The predicted octanol–water partition coefficient (Wildman–Crippen LogP) is -2.86. The average Bonchev–Trinajstić information content (AvgIpc) is 2.62. The number of carboxylic acid groups (broad SMARTS) is 1. The van der Waals surface area contributed by atoms with E-state index in [9.17, 15) is 24.0 Å². The molecule has 0 radical (unpaired) electrons. The van der Waals surface area contributed by atoms with Crippen LogP contribution in [0.4, 0.5) is 0 Å². The average molecular weight is 416 g/mol. The van der Waals surface area contributed by atoms with Crippen LogP contribution in [0.3, 0.4) is 0 Å². The van der Waals surface area contributed by atoms with Gasteiger partial charge in [0.2, 0.25) is 23.6 Å². The summed E-state index contributed by atoms with van der Waals surface area (Å²) >= 11 is 0. The van der Waals surface area contributed by atoms with Gasteiger partial charge in [-0.2, -0.15) is 0 Å². The normalized spacial score (nSPS) is 13.8. The lowest BCUT2D eigenvalue weighted by Gasteiger charge is -2.23. The van der Waals surface area contributed by atoms with E-state index in [1.165, 1.54) is 0 Å². The van der Waals surface area contributed by atoms with Gasteiger partial charge >= 0.3 is 5.97 Å². The van der Waals surface area contributed by atoms with E-state index in [1.54, 1.807) is 13.8 Å². The first-order valence-corrected chi connectivity index (χ1v) is 9.33. The third-order valence-corrected chi connectivity index (χ3v) is 4.01. The van der Waals surface area contributed by atoms with Crippen molar-refractivity contribution in [2.45, 2.75) is 57.7 Å². The Bertz CT molecular complexity index is 597. The quantitative estimate of drug-likeness (QED) is 0.146. The Hall–Kier alpha value is -2.73. The monoisotopic (exact) mass is 416 g/mol. The Morgan fingerprint density at radius 3 is 2.10 bits per heavy atom. The highest BCUT2D eigenvalue weighted by Gasteiger charge is 2.27. The van der Waals surface area contributed by atoms with Crippen LogP contribution in [0.1, 0.15) is 39.5 Å². The standard InChI is InChI=1S/C17H32N6O6/c1-9(2)14(23-15(26)10(19)5-3-4-6-18)16(27)21-8-13(25)22-11(17(28)29)7-12(20)24/h9-11,14H,3-8,18-19H2,1-2H3,(H2,20,24)(H,21,27)(H,22,25)(H,23,26)(H,28,29). The molecule has 0 aliphatic heterocycles. The van der Waals surface area contributed by atoms with Crippen molar-refractivity contribution in [2.24, 2.45) is 23.1 Å². The summed E-state index contributed by atoms with van der Waals surface area (Å²) in [5.41, 5.74) is 16.1. The molecule has 12 nitrogen and oxygen atoms in total. The number of aliphatic carboxylic acids is 1. The number of carboxylic acids is 1. The minimum absolute atomic E-state index is 0.292. The molecule has 3 unspecified atom stereocenters. The molecule has 0 aromatic carbocycles. The molecule has 4 amide bonds. The molecular weight excluding hydrogens is 384 g/mol. The Balaban J connectivity index is 4.70. The first-order chi connectivity index (χ1) is 13.5. The maximum absolute atomic E-state index is 12.4. The van der Waals surface area contributed by atoms with Crippen molar-refractivity contribution in [1.29, 1.82) is 0 Å². The molecule has 0 spiro atoms. The number of carbonyl (C=O) groups excluding carboxylic acids is 4. The Morgan fingerprint density at radius 1 is 1.00 bits per heavy atom. The van der Waals surface area contributed by atoms with Crippen LogP contribution in [0.2, 0.25) is 0 Å². The van der Waals surface area contributed by atoms with Crippen molar-refractivity contribution in [3.8, 4) is 0 Å². The number of amides is 4. The van der Waals surface area contributed by atoms with Crippen LogP contribution in [-0.4, -0.2) is 65.9 Å². The fraction of sp³-hybridized carbons (Fsp3) is 0.706. The highest BCUT2D eigenvalue weighted by atomic mass is 16.4. The number of hydrogen-bond donors (Lipinski definition) is 7. The summed E-state index contributed by atoms with van der Waals surface area (Å²) in [4.78, 5) is 58.2. The van der Waals surface area contributed by atoms with Gasteiger partial charge in [-0.25, -0.2) is 4.79 Å². The van der Waals surface area contributed by atoms with Crippen LogP contribution in [0, 0.1) is 5.92 Å². The molecule has 0 saturated carbocycles. The fourth-order valence-corrected chi connectivity index (χ4v) is 2.36. The summed E-state index contributed by atoms with van der Waals surface area (Å²) in [5.74, 6) is -4.56. The van der Waals surface area contributed by atoms with Gasteiger partial charge in [-0.3, -0.25) is 19.2 Å². The van der Waals surface area contributed by atoms with E-state index in [-0.39, 0.29) is 5.92 Å². The number of carbonyl (C=O) groups is 5. The molecule has 12 heteroatoms. The summed E-state index contributed by atoms with van der Waals surface area (Å²) in [5, 5.41) is 15.9. The molecule has 10 N–H and O–H groups in total. The summed E-state index contributed by atoms with van der Waals surface area (Å²) < 4.78 is 0. The SMILES string of the molecule is CC(C)C(NC(=O)C(N)CCCCN)C(=O)NCC(=O)NC(CC(N)=O)C(=O)O. The molecule has 0 rings (SSSR count). The zero-order chi connectivity index (χ0) is 22.6. The predicted molar refractivity (Wildman–Crippen MR) is 104 cm³/mol. The van der Waals surface area contributed by atoms with Crippen molar-refractivity contribution in [2.75, 3.05) is 13.1 Å². The first kappa shape index (κ1) is 26.3. The van der Waals surface area contributed by atoms with Gasteiger partial charge in [0, 0.05) is 0 Å². The van der Waals surface area contributed by atoms with Crippen molar-refractivity contribution in [3.05, 3.63) is 0 Å². The van der Waals surface area contributed by atoms with Crippen LogP contribution in [0.15, 0.2) is 0 Å². The summed E-state index contributed by atoms with van der Waals surface area (Å²) in [6, 6.07) is -3.22. The maximum atomic E-state index is 12.4. The number of primary amides is 1. The van der Waals surface area contributed by atoms with Gasteiger partial charge in [-0.1, -0.05) is 20.3 Å². The summed E-state index contributed by atoms with van der Waals surface area (Å²) in [6.07, 6.45) is 1.26. The topological polar surface area (TPSA) is 220 Å². The summed E-state index contributed by atoms with van der Waals surface area (Å²) in [6.45, 7) is 3.37. The lowest BCUT2D eigenvalue weighted by atomic mass is 10.0. The smallest absolute Gasteiger partial charge is 0.326 e. The summed E-state index contributed by atoms with van der Waals surface area (Å²) in [7, 11) is 0. The van der Waals surface area contributed by atoms with Crippen molar-refractivity contribution >= 4 is 29.6 Å². The van der Waals surface area contributed by atoms with E-state index in [0.717, 1.165) is 6.42 Å². The van der Waals surface area contributed by atoms with Gasteiger partial charge in [0.05, 0.1) is 19.0 Å². The van der Waals surface area contributed by atoms with Crippen LogP contribution in [0.5, 0.6) is 0 Å². The molecule has 0 saturated heterocycles. The van der Waals surface area contributed by atoms with E-state index in [0.29, 0.717) is 19.4 Å². The highest BCUT2D eigenvalue weighted by Crippen LogP contribution is 2.04. The van der Waals surface area contributed by atoms with Gasteiger partial charge in [0.25, 0.3) is 0 Å². The highest BCUT2D eigenvalue weighted by molar-refractivity contribution is 5.93. The van der Waals surface area contributed by atoms with Crippen molar-refractivity contribution in [1.82, 2.24) is 16.0 Å². The maximum Gasteiger partial charge on any atom is 0.326 e. The van der Waals surface area contributed by atoms with Crippen LogP contribution < -0.4 is 33.2 Å². The molecule has 29 heavy (non-hydrogen) atoms. The second-order valence-corrected chi connectivity index (χ2v) is 6.97. The number of hydrogen-bond acceptors (Lipinski definition) is 7. The molecule has 0 fully saturated rings. The first-order valence-electron chi connectivity index (χ1n) is 9.33. The third kappa shape index (κ3) is 11.0. The van der Waals surface area contributed by atoms with E-state index >= 15 is 0 Å².